The molecule has 1 fully saturated rings. The normalized spacial score (nSPS) is 15.1. The van der Waals surface area contributed by atoms with Gasteiger partial charge in [0, 0.05) is 25.0 Å². The van der Waals surface area contributed by atoms with Gasteiger partial charge in [0.05, 0.1) is 10.7 Å². The van der Waals surface area contributed by atoms with E-state index in [1.807, 2.05) is 18.5 Å². The Labute approximate surface area is 108 Å². The Morgan fingerprint density at radius 1 is 1.47 bits per heavy atom. The summed E-state index contributed by atoms with van der Waals surface area (Å²) in [5.41, 5.74) is 1.24. The molecule has 1 aliphatic rings. The standard InChI is InChI=1S/C12H13BrN4/c13-10-7-16-17(8-10)12-5-9(3-4-14-12)6-15-11-1-2-11/h3-5,7-8,11,15H,1-2,6H2. The van der Waals surface area contributed by atoms with Crippen LogP contribution in [-0.4, -0.2) is 20.8 Å². The fraction of sp³-hybridized carbons (Fsp3) is 0.333. The molecule has 3 rings (SSSR count). The average molecular weight is 293 g/mol. The molecular formula is C12H13BrN4. The molecule has 4 nitrogen and oxygen atoms in total. The molecule has 0 unspecified atom stereocenters. The first-order valence-corrected chi connectivity index (χ1v) is 6.49. The third kappa shape index (κ3) is 2.73. The number of hydrogen-bond donors (Lipinski definition) is 1. The first kappa shape index (κ1) is 10.9. The van der Waals surface area contributed by atoms with Crippen LogP contribution in [-0.2, 0) is 6.54 Å². The number of pyridine rings is 1. The highest BCUT2D eigenvalue weighted by molar-refractivity contribution is 9.10. The smallest absolute Gasteiger partial charge is 0.153 e. The molecule has 5 heteroatoms. The van der Waals surface area contributed by atoms with Gasteiger partial charge >= 0.3 is 0 Å². The Kier molecular flexibility index (Phi) is 2.94. The van der Waals surface area contributed by atoms with Crippen molar-refractivity contribution in [1.82, 2.24) is 20.1 Å². The van der Waals surface area contributed by atoms with E-state index in [0.29, 0.717) is 0 Å². The number of halogens is 1. The monoisotopic (exact) mass is 292 g/mol. The molecule has 2 aromatic heterocycles. The minimum atomic E-state index is 0.727. The van der Waals surface area contributed by atoms with Crippen molar-refractivity contribution in [2.45, 2.75) is 25.4 Å². The molecule has 0 aliphatic heterocycles. The largest absolute Gasteiger partial charge is 0.310 e. The van der Waals surface area contributed by atoms with Crippen molar-refractivity contribution in [3.8, 4) is 5.82 Å². The van der Waals surface area contributed by atoms with E-state index in [1.165, 1.54) is 18.4 Å². The SMILES string of the molecule is Brc1cnn(-c2cc(CNC3CC3)ccn2)c1. The van der Waals surface area contributed by atoms with Gasteiger partial charge in [-0.1, -0.05) is 0 Å². The number of nitrogens with one attached hydrogen (secondary N) is 1. The lowest BCUT2D eigenvalue weighted by molar-refractivity contribution is 0.685. The maximum Gasteiger partial charge on any atom is 0.153 e. The Bertz CT molecular complexity index is 519. The van der Waals surface area contributed by atoms with Crippen LogP contribution in [0.15, 0.2) is 35.2 Å². The molecule has 0 amide bonds. The zero-order chi connectivity index (χ0) is 11.7. The van der Waals surface area contributed by atoms with Crippen LogP contribution in [0.3, 0.4) is 0 Å². The summed E-state index contributed by atoms with van der Waals surface area (Å²) in [6.45, 7) is 0.905. The van der Waals surface area contributed by atoms with Crippen LogP contribution in [0.25, 0.3) is 5.82 Å². The fourth-order valence-electron chi connectivity index (χ4n) is 1.67. The first-order valence-electron chi connectivity index (χ1n) is 5.70. The second-order valence-corrected chi connectivity index (χ2v) is 5.20. The van der Waals surface area contributed by atoms with Crippen molar-refractivity contribution in [3.63, 3.8) is 0 Å². The summed E-state index contributed by atoms with van der Waals surface area (Å²) in [6, 6.07) is 4.83. The van der Waals surface area contributed by atoms with Gasteiger partial charge in [0.2, 0.25) is 0 Å². The van der Waals surface area contributed by atoms with E-state index in [9.17, 15) is 0 Å². The van der Waals surface area contributed by atoms with Crippen LogP contribution < -0.4 is 5.32 Å². The van der Waals surface area contributed by atoms with Crippen LogP contribution in [0.1, 0.15) is 18.4 Å². The van der Waals surface area contributed by atoms with Gasteiger partial charge < -0.3 is 5.32 Å². The Morgan fingerprint density at radius 3 is 3.06 bits per heavy atom. The lowest BCUT2D eigenvalue weighted by Crippen LogP contribution is -2.15. The summed E-state index contributed by atoms with van der Waals surface area (Å²) in [5.74, 6) is 0.853. The summed E-state index contributed by atoms with van der Waals surface area (Å²) in [4.78, 5) is 4.32. The lowest BCUT2D eigenvalue weighted by Gasteiger charge is -2.05. The summed E-state index contributed by atoms with van der Waals surface area (Å²) >= 11 is 3.38. The minimum absolute atomic E-state index is 0.727. The predicted octanol–water partition coefficient (Wildman–Crippen LogP) is 2.28. The third-order valence-electron chi connectivity index (χ3n) is 2.77. The summed E-state index contributed by atoms with van der Waals surface area (Å²) < 4.78 is 2.73. The highest BCUT2D eigenvalue weighted by Crippen LogP contribution is 2.19. The number of nitrogens with zero attached hydrogens (tertiary/aromatic N) is 3. The molecule has 1 N–H and O–H groups in total. The number of rotatable bonds is 4. The molecule has 0 saturated heterocycles. The molecule has 17 heavy (non-hydrogen) atoms. The molecule has 2 heterocycles. The van der Waals surface area contributed by atoms with E-state index in [1.54, 1.807) is 10.9 Å². The average Bonchev–Trinajstić information content (AvgIpc) is 3.08. The van der Waals surface area contributed by atoms with Gasteiger partial charge in [0.15, 0.2) is 5.82 Å². The maximum absolute atomic E-state index is 4.32. The summed E-state index contributed by atoms with van der Waals surface area (Å²) in [5, 5.41) is 7.71. The van der Waals surface area contributed by atoms with Crippen molar-refractivity contribution in [1.29, 1.82) is 0 Å². The molecular weight excluding hydrogens is 280 g/mol. The minimum Gasteiger partial charge on any atom is -0.310 e. The van der Waals surface area contributed by atoms with E-state index >= 15 is 0 Å². The molecule has 88 valence electrons. The van der Waals surface area contributed by atoms with Crippen molar-refractivity contribution in [3.05, 3.63) is 40.8 Å². The van der Waals surface area contributed by atoms with Crippen LogP contribution >= 0.6 is 15.9 Å². The van der Waals surface area contributed by atoms with Crippen molar-refractivity contribution in [2.24, 2.45) is 0 Å². The van der Waals surface area contributed by atoms with Crippen molar-refractivity contribution >= 4 is 15.9 Å². The molecule has 0 spiro atoms. The number of hydrogen-bond acceptors (Lipinski definition) is 3. The zero-order valence-electron chi connectivity index (χ0n) is 9.31. The summed E-state index contributed by atoms with van der Waals surface area (Å²) in [7, 11) is 0. The Hall–Kier alpha value is -1.20. The molecule has 0 atom stereocenters. The van der Waals surface area contributed by atoms with Crippen molar-refractivity contribution in [2.75, 3.05) is 0 Å². The van der Waals surface area contributed by atoms with Gasteiger partial charge in [-0.3, -0.25) is 0 Å². The fourth-order valence-corrected chi connectivity index (χ4v) is 1.96. The first-order chi connectivity index (χ1) is 8.31. The van der Waals surface area contributed by atoms with Gasteiger partial charge in [-0.05, 0) is 46.5 Å². The van der Waals surface area contributed by atoms with E-state index in [4.69, 9.17) is 0 Å². The predicted molar refractivity (Wildman–Crippen MR) is 68.9 cm³/mol. The topological polar surface area (TPSA) is 42.7 Å². The van der Waals surface area contributed by atoms with Crippen LogP contribution in [0.4, 0.5) is 0 Å². The molecule has 1 aliphatic carbocycles. The van der Waals surface area contributed by atoms with Crippen LogP contribution in [0.5, 0.6) is 0 Å². The van der Waals surface area contributed by atoms with Crippen LogP contribution in [0.2, 0.25) is 0 Å². The van der Waals surface area contributed by atoms with Gasteiger partial charge in [0.1, 0.15) is 0 Å². The second-order valence-electron chi connectivity index (χ2n) is 4.28. The molecule has 1 saturated carbocycles. The highest BCUT2D eigenvalue weighted by atomic mass is 79.9. The van der Waals surface area contributed by atoms with E-state index < -0.39 is 0 Å². The highest BCUT2D eigenvalue weighted by Gasteiger charge is 2.19. The molecule has 2 aromatic rings. The lowest BCUT2D eigenvalue weighted by atomic mass is 10.2. The van der Waals surface area contributed by atoms with Crippen molar-refractivity contribution < 1.29 is 0 Å². The number of aromatic nitrogens is 3. The Morgan fingerprint density at radius 2 is 2.35 bits per heavy atom. The van der Waals surface area contributed by atoms with Gasteiger partial charge in [-0.2, -0.15) is 5.10 Å². The zero-order valence-corrected chi connectivity index (χ0v) is 10.9. The summed E-state index contributed by atoms with van der Waals surface area (Å²) in [6.07, 6.45) is 8.11. The second kappa shape index (κ2) is 4.58. The van der Waals surface area contributed by atoms with E-state index in [-0.39, 0.29) is 0 Å². The van der Waals surface area contributed by atoms with E-state index in [0.717, 1.165) is 22.9 Å². The van der Waals surface area contributed by atoms with E-state index in [2.05, 4.69) is 37.4 Å². The molecule has 0 bridgehead atoms. The van der Waals surface area contributed by atoms with Gasteiger partial charge in [0.25, 0.3) is 0 Å². The van der Waals surface area contributed by atoms with Gasteiger partial charge in [-0.15, -0.1) is 0 Å². The third-order valence-corrected chi connectivity index (χ3v) is 3.18. The quantitative estimate of drug-likeness (QED) is 0.940. The molecule has 0 radical (unpaired) electrons. The van der Waals surface area contributed by atoms with Crippen LogP contribution in [0, 0.1) is 0 Å². The molecule has 0 aromatic carbocycles. The Balaban J connectivity index is 1.77. The van der Waals surface area contributed by atoms with Gasteiger partial charge in [-0.25, -0.2) is 9.67 Å². The maximum atomic E-state index is 4.32.